The molecule has 28 heavy (non-hydrogen) atoms. The van der Waals surface area contributed by atoms with Crippen LogP contribution in [0.2, 0.25) is 0 Å². The highest BCUT2D eigenvalue weighted by Crippen LogP contribution is 2.39. The van der Waals surface area contributed by atoms with E-state index >= 15 is 0 Å². The zero-order chi connectivity index (χ0) is 20.4. The van der Waals surface area contributed by atoms with Crippen molar-refractivity contribution in [1.82, 2.24) is 9.13 Å². The van der Waals surface area contributed by atoms with Gasteiger partial charge in [-0.25, -0.2) is 9.36 Å². The molecule has 1 aromatic heterocycles. The largest absolute Gasteiger partial charge is 0.493 e. The van der Waals surface area contributed by atoms with Crippen molar-refractivity contribution in [1.29, 1.82) is 0 Å². The number of hydrogen-bond donors (Lipinski definition) is 0. The Balaban J connectivity index is 2.34. The third kappa shape index (κ3) is 3.43. The van der Waals surface area contributed by atoms with Crippen LogP contribution < -0.4 is 19.9 Å². The van der Waals surface area contributed by atoms with Crippen molar-refractivity contribution < 1.29 is 19.0 Å². The lowest BCUT2D eigenvalue weighted by molar-refractivity contribution is 0.0932. The smallest absolute Gasteiger partial charge is 0.340 e. The molecule has 0 aliphatic carbocycles. The molecular formula is C20H19BrN2O5. The fourth-order valence-electron chi connectivity index (χ4n) is 2.94. The standard InChI is InChI=1S/C20H19BrN2O5/c1-12(24)22-11-16(13-5-7-14(21)8-6-13)23(20(22)25)15-9-17(26-2)19(28-4)18(10-15)27-3/h5-11H,1-4H3. The SMILES string of the molecule is COc1cc(-n2c(-c3ccc(Br)cc3)cn(C(C)=O)c2=O)cc(OC)c1OC. The van der Waals surface area contributed by atoms with Gasteiger partial charge in [0.25, 0.3) is 0 Å². The van der Waals surface area contributed by atoms with Gasteiger partial charge < -0.3 is 14.2 Å². The first-order valence-electron chi connectivity index (χ1n) is 8.33. The van der Waals surface area contributed by atoms with Gasteiger partial charge in [-0.3, -0.25) is 9.36 Å². The molecule has 0 unspecified atom stereocenters. The van der Waals surface area contributed by atoms with E-state index in [1.54, 1.807) is 12.1 Å². The number of nitrogens with zero attached hydrogens (tertiary/aromatic N) is 2. The van der Waals surface area contributed by atoms with E-state index < -0.39 is 5.69 Å². The number of carbonyl (C=O) groups excluding carboxylic acids is 1. The minimum absolute atomic E-state index is 0.380. The number of halogens is 1. The van der Waals surface area contributed by atoms with Crippen LogP contribution in [0.3, 0.4) is 0 Å². The average molecular weight is 447 g/mol. The first kappa shape index (κ1) is 19.8. The summed E-state index contributed by atoms with van der Waals surface area (Å²) in [7, 11) is 4.51. The molecule has 0 radical (unpaired) electrons. The number of aromatic nitrogens is 2. The Labute approximate surface area is 170 Å². The predicted octanol–water partition coefficient (Wildman–Crippen LogP) is 3.75. The van der Waals surface area contributed by atoms with Crippen LogP contribution in [0, 0.1) is 0 Å². The molecule has 0 spiro atoms. The minimum Gasteiger partial charge on any atom is -0.493 e. The van der Waals surface area contributed by atoms with E-state index in [0.29, 0.717) is 28.6 Å². The summed E-state index contributed by atoms with van der Waals surface area (Å²) in [6, 6.07) is 10.8. The van der Waals surface area contributed by atoms with Crippen molar-refractivity contribution >= 4 is 21.8 Å². The second-order valence-electron chi connectivity index (χ2n) is 5.91. The summed E-state index contributed by atoms with van der Waals surface area (Å²) in [5, 5.41) is 0. The number of hydrogen-bond acceptors (Lipinski definition) is 5. The number of methoxy groups -OCH3 is 3. The van der Waals surface area contributed by atoms with Gasteiger partial charge in [0.05, 0.1) is 32.7 Å². The Hall–Kier alpha value is -3.00. The van der Waals surface area contributed by atoms with Crippen LogP contribution in [0.1, 0.15) is 11.7 Å². The first-order valence-corrected chi connectivity index (χ1v) is 9.12. The highest BCUT2D eigenvalue weighted by molar-refractivity contribution is 9.10. The van der Waals surface area contributed by atoms with E-state index in [1.165, 1.54) is 39.0 Å². The fraction of sp³-hybridized carbons (Fsp3) is 0.200. The van der Waals surface area contributed by atoms with Crippen molar-refractivity contribution in [3.8, 4) is 34.2 Å². The molecule has 3 aromatic rings. The summed E-state index contributed by atoms with van der Waals surface area (Å²) >= 11 is 3.40. The number of rotatable bonds is 5. The summed E-state index contributed by atoms with van der Waals surface area (Å²) < 4.78 is 19.6. The molecule has 0 fully saturated rings. The topological polar surface area (TPSA) is 71.7 Å². The number of ether oxygens (including phenoxy) is 3. The predicted molar refractivity (Wildman–Crippen MR) is 109 cm³/mol. The summed E-state index contributed by atoms with van der Waals surface area (Å²) in [4.78, 5) is 25.0. The van der Waals surface area contributed by atoms with Gasteiger partial charge in [0, 0.05) is 35.3 Å². The summed E-state index contributed by atoms with van der Waals surface area (Å²) in [6.45, 7) is 1.34. The lowest BCUT2D eigenvalue weighted by atomic mass is 10.1. The second-order valence-corrected chi connectivity index (χ2v) is 6.83. The number of carbonyl (C=O) groups is 1. The zero-order valence-electron chi connectivity index (χ0n) is 15.9. The van der Waals surface area contributed by atoms with Crippen LogP contribution in [0.25, 0.3) is 16.9 Å². The van der Waals surface area contributed by atoms with Gasteiger partial charge in [-0.2, -0.15) is 0 Å². The van der Waals surface area contributed by atoms with Gasteiger partial charge in [0.1, 0.15) is 0 Å². The molecule has 0 saturated carbocycles. The quantitative estimate of drug-likeness (QED) is 0.596. The van der Waals surface area contributed by atoms with E-state index in [2.05, 4.69) is 15.9 Å². The van der Waals surface area contributed by atoms with Crippen LogP contribution in [-0.2, 0) is 0 Å². The number of benzene rings is 2. The van der Waals surface area contributed by atoms with Crippen LogP contribution in [0.5, 0.6) is 17.2 Å². The van der Waals surface area contributed by atoms with Crippen molar-refractivity contribution in [2.75, 3.05) is 21.3 Å². The van der Waals surface area contributed by atoms with Crippen LogP contribution in [-0.4, -0.2) is 36.4 Å². The third-order valence-corrected chi connectivity index (χ3v) is 4.81. The van der Waals surface area contributed by atoms with Crippen LogP contribution in [0.15, 0.2) is 51.9 Å². The lowest BCUT2D eigenvalue weighted by Gasteiger charge is -2.15. The average Bonchev–Trinajstić information content (AvgIpc) is 3.04. The van der Waals surface area contributed by atoms with E-state index in [0.717, 1.165) is 14.6 Å². The van der Waals surface area contributed by atoms with Gasteiger partial charge in [-0.15, -0.1) is 0 Å². The molecule has 0 atom stereocenters. The van der Waals surface area contributed by atoms with Crippen LogP contribution >= 0.6 is 15.9 Å². The lowest BCUT2D eigenvalue weighted by Crippen LogP contribution is -2.26. The Kier molecular flexibility index (Phi) is 5.60. The van der Waals surface area contributed by atoms with Gasteiger partial charge in [0.2, 0.25) is 11.7 Å². The van der Waals surface area contributed by atoms with Crippen molar-refractivity contribution in [3.05, 3.63) is 57.6 Å². The minimum atomic E-state index is -0.486. The van der Waals surface area contributed by atoms with Gasteiger partial charge >= 0.3 is 5.69 Å². The molecule has 0 N–H and O–H groups in total. The Morgan fingerprint density at radius 3 is 2.00 bits per heavy atom. The zero-order valence-corrected chi connectivity index (χ0v) is 17.4. The van der Waals surface area contributed by atoms with Crippen LogP contribution in [0.4, 0.5) is 0 Å². The normalized spacial score (nSPS) is 10.6. The molecule has 0 amide bonds. The maximum Gasteiger partial charge on any atom is 0.340 e. The Bertz CT molecular complexity index is 1060. The Morgan fingerprint density at radius 2 is 1.54 bits per heavy atom. The maximum absolute atomic E-state index is 13.0. The molecule has 0 aliphatic heterocycles. The highest BCUT2D eigenvalue weighted by Gasteiger charge is 2.20. The molecule has 8 heteroatoms. The monoisotopic (exact) mass is 446 g/mol. The number of imidazole rings is 1. The van der Waals surface area contributed by atoms with Crippen molar-refractivity contribution in [2.45, 2.75) is 6.92 Å². The van der Waals surface area contributed by atoms with E-state index in [4.69, 9.17) is 14.2 Å². The van der Waals surface area contributed by atoms with E-state index in [-0.39, 0.29) is 5.91 Å². The molecule has 146 valence electrons. The van der Waals surface area contributed by atoms with Crippen molar-refractivity contribution in [3.63, 3.8) is 0 Å². The highest BCUT2D eigenvalue weighted by atomic mass is 79.9. The molecule has 3 rings (SSSR count). The molecule has 7 nitrogen and oxygen atoms in total. The van der Waals surface area contributed by atoms with Gasteiger partial charge in [-0.05, 0) is 12.1 Å². The van der Waals surface area contributed by atoms with Crippen molar-refractivity contribution in [2.24, 2.45) is 0 Å². The fourth-order valence-corrected chi connectivity index (χ4v) is 3.21. The Morgan fingerprint density at radius 1 is 0.964 bits per heavy atom. The first-order chi connectivity index (χ1) is 13.4. The molecule has 0 saturated heterocycles. The van der Waals surface area contributed by atoms with Gasteiger partial charge in [0.15, 0.2) is 11.5 Å². The molecule has 1 heterocycles. The maximum atomic E-state index is 13.0. The second kappa shape index (κ2) is 7.93. The molecule has 0 aliphatic rings. The van der Waals surface area contributed by atoms with E-state index in [9.17, 15) is 9.59 Å². The third-order valence-electron chi connectivity index (χ3n) is 4.28. The summed E-state index contributed by atoms with van der Waals surface area (Å²) in [5.41, 5.74) is 1.33. The summed E-state index contributed by atoms with van der Waals surface area (Å²) in [6.07, 6.45) is 1.52. The summed E-state index contributed by atoms with van der Waals surface area (Å²) in [5.74, 6) is 0.842. The molecule has 2 aromatic carbocycles. The van der Waals surface area contributed by atoms with Gasteiger partial charge in [-0.1, -0.05) is 28.1 Å². The molecular weight excluding hydrogens is 428 g/mol. The molecule has 0 bridgehead atoms. The van der Waals surface area contributed by atoms with E-state index in [1.807, 2.05) is 24.3 Å².